The number of rotatable bonds is 14. The van der Waals surface area contributed by atoms with Crippen molar-refractivity contribution in [1.82, 2.24) is 0 Å². The molecule has 0 aromatic heterocycles. The fourth-order valence-corrected chi connectivity index (χ4v) is 2.77. The molecule has 158 valence electrons. The Balaban J connectivity index is 2.09. The zero-order chi connectivity index (χ0) is 21.0. The van der Waals surface area contributed by atoms with Gasteiger partial charge < -0.3 is 14.6 Å². The number of ether oxygens (including phenoxy) is 2. The Morgan fingerprint density at radius 3 is 1.93 bits per heavy atom. The molecule has 0 heterocycles. The largest absolute Gasteiger partial charge is 0.481 e. The zero-order valence-corrected chi connectivity index (χ0v) is 17.8. The van der Waals surface area contributed by atoms with Gasteiger partial charge >= 0.3 is 11.9 Å². The fourth-order valence-electron chi connectivity index (χ4n) is 2.77. The molecule has 0 aliphatic carbocycles. The molecule has 0 radical (unpaired) electrons. The summed E-state index contributed by atoms with van der Waals surface area (Å²) in [6, 6.07) is 9.69. The van der Waals surface area contributed by atoms with Crippen LogP contribution in [0.4, 0.5) is 0 Å². The van der Waals surface area contributed by atoms with Crippen LogP contribution < -0.4 is 0 Å². The molecule has 1 aromatic carbocycles. The van der Waals surface area contributed by atoms with Crippen molar-refractivity contribution in [2.75, 3.05) is 13.2 Å². The minimum absolute atomic E-state index is 0.168. The fraction of sp³-hybridized carbons (Fsp3) is 0.652. The average molecular weight is 393 g/mol. The van der Waals surface area contributed by atoms with Gasteiger partial charge in [-0.2, -0.15) is 0 Å². The molecule has 0 bridgehead atoms. The highest BCUT2D eigenvalue weighted by molar-refractivity contribution is 5.75. The highest BCUT2D eigenvalue weighted by Crippen LogP contribution is 2.26. The van der Waals surface area contributed by atoms with E-state index in [9.17, 15) is 9.59 Å². The second-order valence-corrected chi connectivity index (χ2v) is 8.66. The Bertz CT molecular complexity index is 592. The molecule has 5 heteroatoms. The summed E-state index contributed by atoms with van der Waals surface area (Å²) in [5.41, 5.74) is -0.176. The van der Waals surface area contributed by atoms with Crippen LogP contribution in [0.2, 0.25) is 0 Å². The maximum Gasteiger partial charge on any atom is 0.311 e. The third-order valence-corrected chi connectivity index (χ3v) is 5.03. The topological polar surface area (TPSA) is 72.8 Å². The smallest absolute Gasteiger partial charge is 0.311 e. The van der Waals surface area contributed by atoms with Crippen molar-refractivity contribution in [3.8, 4) is 0 Å². The van der Waals surface area contributed by atoms with Gasteiger partial charge in [-0.3, -0.25) is 9.59 Å². The number of benzene rings is 1. The van der Waals surface area contributed by atoms with Crippen molar-refractivity contribution in [2.45, 2.75) is 72.8 Å². The molecule has 0 aliphatic heterocycles. The van der Waals surface area contributed by atoms with Crippen molar-refractivity contribution < 1.29 is 24.2 Å². The third kappa shape index (κ3) is 9.36. The van der Waals surface area contributed by atoms with Crippen molar-refractivity contribution in [3.63, 3.8) is 0 Å². The van der Waals surface area contributed by atoms with Gasteiger partial charge in [-0.05, 0) is 58.9 Å². The van der Waals surface area contributed by atoms with Crippen molar-refractivity contribution in [3.05, 3.63) is 35.9 Å². The number of aliphatic carboxylic acids is 1. The molecular formula is C23H36O5. The van der Waals surface area contributed by atoms with Crippen molar-refractivity contribution >= 4 is 11.9 Å². The first-order valence-electron chi connectivity index (χ1n) is 10.2. The molecule has 1 rings (SSSR count). The Kier molecular flexibility index (Phi) is 10.2. The molecule has 1 N–H and O–H groups in total. The number of carboxylic acid groups (broad SMARTS) is 1. The first kappa shape index (κ1) is 24.2. The molecule has 5 nitrogen and oxygen atoms in total. The molecule has 0 atom stereocenters. The lowest BCUT2D eigenvalue weighted by Gasteiger charge is -2.22. The van der Waals surface area contributed by atoms with Gasteiger partial charge in [-0.1, -0.05) is 43.2 Å². The molecule has 0 saturated heterocycles. The van der Waals surface area contributed by atoms with E-state index in [4.69, 9.17) is 14.6 Å². The van der Waals surface area contributed by atoms with E-state index in [2.05, 4.69) is 0 Å². The normalized spacial score (nSPS) is 12.0. The van der Waals surface area contributed by atoms with Gasteiger partial charge in [0.2, 0.25) is 0 Å². The number of unbranched alkanes of at least 4 members (excludes halogenated alkanes) is 2. The van der Waals surface area contributed by atoms with Gasteiger partial charge in [-0.25, -0.2) is 0 Å². The predicted octanol–water partition coefficient (Wildman–Crippen LogP) is 5.22. The maximum absolute atomic E-state index is 12.3. The quantitative estimate of drug-likeness (QED) is 0.347. The molecule has 0 aliphatic rings. The first-order chi connectivity index (χ1) is 13.1. The van der Waals surface area contributed by atoms with E-state index in [-0.39, 0.29) is 5.97 Å². The SMILES string of the molecule is CC(C)(CCCCOCCCCC(C)(C)C(=O)OCc1ccccc1)C(=O)O. The number of hydrogen-bond acceptors (Lipinski definition) is 4. The highest BCUT2D eigenvalue weighted by atomic mass is 16.5. The summed E-state index contributed by atoms with van der Waals surface area (Å²) in [5.74, 6) is -0.920. The molecule has 0 unspecified atom stereocenters. The second kappa shape index (κ2) is 11.8. The van der Waals surface area contributed by atoms with E-state index < -0.39 is 16.8 Å². The number of esters is 1. The minimum atomic E-state index is -0.752. The Labute approximate surface area is 169 Å². The minimum Gasteiger partial charge on any atom is -0.481 e. The van der Waals surface area contributed by atoms with Crippen molar-refractivity contribution in [1.29, 1.82) is 0 Å². The van der Waals surface area contributed by atoms with Gasteiger partial charge in [-0.15, -0.1) is 0 Å². The number of hydrogen-bond donors (Lipinski definition) is 1. The summed E-state index contributed by atoms with van der Waals surface area (Å²) < 4.78 is 11.1. The Morgan fingerprint density at radius 2 is 1.39 bits per heavy atom. The van der Waals surface area contributed by atoms with E-state index in [1.807, 2.05) is 44.2 Å². The van der Waals surface area contributed by atoms with E-state index in [0.717, 1.165) is 37.7 Å². The molecule has 1 aromatic rings. The van der Waals surface area contributed by atoms with Gasteiger partial charge in [0.15, 0.2) is 0 Å². The second-order valence-electron chi connectivity index (χ2n) is 8.66. The summed E-state index contributed by atoms with van der Waals surface area (Å²) >= 11 is 0. The summed E-state index contributed by atoms with van der Waals surface area (Å²) in [4.78, 5) is 23.3. The van der Waals surface area contributed by atoms with Gasteiger partial charge in [0.05, 0.1) is 10.8 Å². The van der Waals surface area contributed by atoms with Crippen molar-refractivity contribution in [2.24, 2.45) is 10.8 Å². The van der Waals surface area contributed by atoms with E-state index in [1.165, 1.54) is 0 Å². The van der Waals surface area contributed by atoms with Crippen LogP contribution in [-0.2, 0) is 25.7 Å². The number of carboxylic acids is 1. The van der Waals surface area contributed by atoms with Crippen LogP contribution in [0.15, 0.2) is 30.3 Å². The Morgan fingerprint density at radius 1 is 0.857 bits per heavy atom. The van der Waals surface area contributed by atoms with Crippen LogP contribution in [0.5, 0.6) is 0 Å². The van der Waals surface area contributed by atoms with Crippen LogP contribution in [0.3, 0.4) is 0 Å². The van der Waals surface area contributed by atoms with Gasteiger partial charge in [0.25, 0.3) is 0 Å². The summed E-state index contributed by atoms with van der Waals surface area (Å²) in [5, 5.41) is 9.07. The molecule has 0 fully saturated rings. The van der Waals surface area contributed by atoms with Gasteiger partial charge in [0, 0.05) is 13.2 Å². The summed E-state index contributed by atoms with van der Waals surface area (Å²) in [6.07, 6.45) is 4.94. The number of carbonyl (C=O) groups excluding carboxylic acids is 1. The van der Waals surface area contributed by atoms with E-state index in [0.29, 0.717) is 26.2 Å². The van der Waals surface area contributed by atoms with Crippen LogP contribution in [0.1, 0.15) is 71.8 Å². The molecule has 0 saturated carbocycles. The summed E-state index contributed by atoms with van der Waals surface area (Å²) in [7, 11) is 0. The average Bonchev–Trinajstić information content (AvgIpc) is 2.65. The highest BCUT2D eigenvalue weighted by Gasteiger charge is 2.28. The lowest BCUT2D eigenvalue weighted by molar-refractivity contribution is -0.155. The lowest BCUT2D eigenvalue weighted by atomic mass is 9.87. The van der Waals surface area contributed by atoms with Crippen LogP contribution in [0, 0.1) is 10.8 Å². The molecule has 0 amide bonds. The molecular weight excluding hydrogens is 356 g/mol. The predicted molar refractivity (Wildman–Crippen MR) is 110 cm³/mol. The Hall–Kier alpha value is -1.88. The van der Waals surface area contributed by atoms with Crippen LogP contribution in [-0.4, -0.2) is 30.3 Å². The third-order valence-electron chi connectivity index (χ3n) is 5.03. The van der Waals surface area contributed by atoms with E-state index in [1.54, 1.807) is 13.8 Å². The van der Waals surface area contributed by atoms with Gasteiger partial charge in [0.1, 0.15) is 6.61 Å². The molecule has 0 spiro atoms. The zero-order valence-electron chi connectivity index (χ0n) is 17.8. The van der Waals surface area contributed by atoms with Crippen LogP contribution >= 0.6 is 0 Å². The molecule has 28 heavy (non-hydrogen) atoms. The van der Waals surface area contributed by atoms with E-state index >= 15 is 0 Å². The summed E-state index contributed by atoms with van der Waals surface area (Å²) in [6.45, 7) is 8.98. The standard InChI is InChI=1S/C23H36O5/c1-22(2,20(24)25)14-8-10-16-27-17-11-9-15-23(3,4)21(26)28-18-19-12-6-5-7-13-19/h5-7,12-13H,8-11,14-18H2,1-4H3,(H,24,25). The lowest BCUT2D eigenvalue weighted by Crippen LogP contribution is -2.26. The maximum atomic E-state index is 12.3. The first-order valence-corrected chi connectivity index (χ1v) is 10.2. The van der Waals surface area contributed by atoms with Crippen LogP contribution in [0.25, 0.3) is 0 Å². The number of carbonyl (C=O) groups is 2. The monoisotopic (exact) mass is 392 g/mol.